The second kappa shape index (κ2) is 4.31. The maximum atomic E-state index is 12.5. The first-order valence-electron chi connectivity index (χ1n) is 4.31. The topological polar surface area (TPSA) is 25.8 Å². The van der Waals surface area contributed by atoms with E-state index in [4.69, 9.17) is 0 Å². The Morgan fingerprint density at radius 3 is 2.93 bits per heavy atom. The summed E-state index contributed by atoms with van der Waals surface area (Å²) in [5.74, 6) is -0.442. The van der Waals surface area contributed by atoms with Gasteiger partial charge in [-0.25, -0.2) is 4.39 Å². The van der Waals surface area contributed by atoms with Crippen molar-refractivity contribution in [3.05, 3.63) is 48.4 Å². The average Bonchev–Trinajstić information content (AvgIpc) is 2.67. The number of halogens is 1. The number of rotatable bonds is 2. The highest BCUT2D eigenvalue weighted by Gasteiger charge is 2.02. The summed E-state index contributed by atoms with van der Waals surface area (Å²) < 4.78 is 12.5. The van der Waals surface area contributed by atoms with Crippen molar-refractivity contribution in [2.45, 2.75) is 0 Å². The summed E-state index contributed by atoms with van der Waals surface area (Å²) in [5, 5.41) is 0. The molecule has 0 unspecified atom stereocenters. The largest absolute Gasteiger partial charge is 0.261 e. The molecule has 0 spiro atoms. The Morgan fingerprint density at radius 2 is 2.27 bits per heavy atom. The minimum atomic E-state index is -0.442. The van der Waals surface area contributed by atoms with Gasteiger partial charge in [0.2, 0.25) is 0 Å². The third-order valence-corrected chi connectivity index (χ3v) is 2.80. The number of nitrogens with zero attached hydrogens (tertiary/aromatic N) is 2. The Kier molecular flexibility index (Phi) is 2.87. The first-order valence-corrected chi connectivity index (χ1v) is 5.13. The fourth-order valence-corrected chi connectivity index (χ4v) is 2.07. The van der Waals surface area contributed by atoms with Gasteiger partial charge in [-0.05, 0) is 18.2 Å². The average molecular weight is 219 g/mol. The van der Waals surface area contributed by atoms with Crippen LogP contribution in [-0.2, 0) is 0 Å². The van der Waals surface area contributed by atoms with E-state index in [9.17, 15) is 4.39 Å². The molecule has 0 amide bonds. The van der Waals surface area contributed by atoms with Gasteiger partial charge in [0, 0.05) is 24.2 Å². The molecule has 15 heavy (non-hydrogen) atoms. The van der Waals surface area contributed by atoms with Gasteiger partial charge in [-0.15, -0.1) is 11.3 Å². The van der Waals surface area contributed by atoms with Crippen LogP contribution in [0.15, 0.2) is 36.6 Å². The van der Waals surface area contributed by atoms with Crippen molar-refractivity contribution in [3.8, 4) is 10.6 Å². The molecule has 75 valence electrons. The molecule has 0 bridgehead atoms. The van der Waals surface area contributed by atoms with Crippen molar-refractivity contribution in [1.82, 2.24) is 9.97 Å². The Hall–Kier alpha value is -1.55. The molecular formula is C11H8FN2S. The van der Waals surface area contributed by atoms with E-state index in [0.29, 0.717) is 0 Å². The van der Waals surface area contributed by atoms with Gasteiger partial charge in [-0.1, -0.05) is 0 Å². The standard InChI is InChI=1S/C11H8FN2S/c1-8(12)6-9-2-3-11(15-9)10-7-13-4-5-14-10/h2-7H,1H2/b8-6+. The van der Waals surface area contributed by atoms with E-state index in [1.54, 1.807) is 18.6 Å². The molecule has 1 radical (unpaired) electrons. The first kappa shape index (κ1) is 9.98. The molecule has 0 aromatic carbocycles. The molecule has 4 heteroatoms. The third kappa shape index (κ3) is 2.47. The number of hydrogen-bond donors (Lipinski definition) is 0. The SMILES string of the molecule is [CH2]/C(F)=C\c1ccc(-c2cnccn2)s1. The molecule has 2 heterocycles. The van der Waals surface area contributed by atoms with Gasteiger partial charge in [0.25, 0.3) is 0 Å². The van der Waals surface area contributed by atoms with Crippen LogP contribution in [0, 0.1) is 6.92 Å². The van der Waals surface area contributed by atoms with Gasteiger partial charge in [0.05, 0.1) is 16.8 Å². The number of thiophene rings is 1. The van der Waals surface area contributed by atoms with E-state index in [1.807, 2.05) is 12.1 Å². The van der Waals surface area contributed by atoms with Gasteiger partial charge in [-0.3, -0.25) is 9.97 Å². The van der Waals surface area contributed by atoms with E-state index in [0.717, 1.165) is 15.4 Å². The van der Waals surface area contributed by atoms with Crippen LogP contribution in [0.2, 0.25) is 0 Å². The Morgan fingerprint density at radius 1 is 1.40 bits per heavy atom. The fourth-order valence-electron chi connectivity index (χ4n) is 1.15. The van der Waals surface area contributed by atoms with Gasteiger partial charge >= 0.3 is 0 Å². The number of aromatic nitrogens is 2. The second-order valence-corrected chi connectivity index (χ2v) is 4.00. The first-order chi connectivity index (χ1) is 7.25. The highest BCUT2D eigenvalue weighted by atomic mass is 32.1. The Bertz CT molecular complexity index is 472. The van der Waals surface area contributed by atoms with Gasteiger partial charge in [0.15, 0.2) is 0 Å². The quantitative estimate of drug-likeness (QED) is 0.774. The molecule has 0 atom stereocenters. The molecule has 2 nitrogen and oxygen atoms in total. The number of hydrogen-bond acceptors (Lipinski definition) is 3. The van der Waals surface area contributed by atoms with Crippen LogP contribution in [0.25, 0.3) is 16.6 Å². The van der Waals surface area contributed by atoms with Gasteiger partial charge in [-0.2, -0.15) is 0 Å². The van der Waals surface area contributed by atoms with Gasteiger partial charge in [0.1, 0.15) is 5.83 Å². The Labute approximate surface area is 91.1 Å². The maximum Gasteiger partial charge on any atom is 0.102 e. The lowest BCUT2D eigenvalue weighted by molar-refractivity contribution is 0.673. The van der Waals surface area contributed by atoms with E-state index < -0.39 is 5.83 Å². The second-order valence-electron chi connectivity index (χ2n) is 2.88. The van der Waals surface area contributed by atoms with Crippen molar-refractivity contribution >= 4 is 17.4 Å². The van der Waals surface area contributed by atoms with Crippen LogP contribution in [0.5, 0.6) is 0 Å². The minimum Gasteiger partial charge on any atom is -0.261 e. The molecule has 0 saturated carbocycles. The fraction of sp³-hybridized carbons (Fsp3) is 0. The van der Waals surface area contributed by atoms with E-state index in [2.05, 4.69) is 16.9 Å². The number of allylic oxidation sites excluding steroid dienone is 1. The lowest BCUT2D eigenvalue weighted by atomic mass is 10.3. The minimum absolute atomic E-state index is 0.442. The summed E-state index contributed by atoms with van der Waals surface area (Å²) >= 11 is 1.46. The zero-order chi connectivity index (χ0) is 10.7. The normalized spacial score (nSPS) is 11.7. The molecule has 2 aromatic heterocycles. The van der Waals surface area contributed by atoms with Crippen molar-refractivity contribution in [3.63, 3.8) is 0 Å². The summed E-state index contributed by atoms with van der Waals surface area (Å²) in [5.41, 5.74) is 0.798. The van der Waals surface area contributed by atoms with Crippen LogP contribution in [0.4, 0.5) is 4.39 Å². The lowest BCUT2D eigenvalue weighted by Crippen LogP contribution is -1.79. The van der Waals surface area contributed by atoms with E-state index in [-0.39, 0.29) is 0 Å². The molecule has 0 aliphatic rings. The molecular weight excluding hydrogens is 211 g/mol. The Balaban J connectivity index is 2.32. The predicted molar refractivity (Wildman–Crippen MR) is 59.8 cm³/mol. The highest BCUT2D eigenvalue weighted by Crippen LogP contribution is 2.27. The summed E-state index contributed by atoms with van der Waals surface area (Å²) in [6, 6.07) is 3.73. The van der Waals surface area contributed by atoms with Crippen LogP contribution in [0.1, 0.15) is 4.88 Å². The van der Waals surface area contributed by atoms with Crippen molar-refractivity contribution in [2.24, 2.45) is 0 Å². The molecule has 2 aromatic rings. The van der Waals surface area contributed by atoms with Gasteiger partial charge < -0.3 is 0 Å². The van der Waals surface area contributed by atoms with Crippen LogP contribution in [-0.4, -0.2) is 9.97 Å². The van der Waals surface area contributed by atoms with Crippen LogP contribution in [0.3, 0.4) is 0 Å². The summed E-state index contributed by atoms with van der Waals surface area (Å²) in [4.78, 5) is 9.92. The van der Waals surface area contributed by atoms with E-state index in [1.165, 1.54) is 17.4 Å². The highest BCUT2D eigenvalue weighted by molar-refractivity contribution is 7.16. The maximum absolute atomic E-state index is 12.5. The van der Waals surface area contributed by atoms with Crippen LogP contribution < -0.4 is 0 Å². The molecule has 0 fully saturated rings. The van der Waals surface area contributed by atoms with E-state index >= 15 is 0 Å². The van der Waals surface area contributed by atoms with Crippen molar-refractivity contribution in [2.75, 3.05) is 0 Å². The summed E-state index contributed by atoms with van der Waals surface area (Å²) in [6.07, 6.45) is 6.32. The lowest BCUT2D eigenvalue weighted by Gasteiger charge is -1.92. The summed E-state index contributed by atoms with van der Waals surface area (Å²) in [7, 11) is 0. The van der Waals surface area contributed by atoms with Crippen molar-refractivity contribution in [1.29, 1.82) is 0 Å². The van der Waals surface area contributed by atoms with Crippen LogP contribution >= 0.6 is 11.3 Å². The monoisotopic (exact) mass is 219 g/mol. The molecule has 0 aliphatic carbocycles. The van der Waals surface area contributed by atoms with Crippen molar-refractivity contribution < 1.29 is 4.39 Å². The zero-order valence-corrected chi connectivity index (χ0v) is 8.67. The zero-order valence-electron chi connectivity index (χ0n) is 7.85. The molecule has 0 aliphatic heterocycles. The molecule has 0 saturated heterocycles. The summed E-state index contributed by atoms with van der Waals surface area (Å²) in [6.45, 7) is 3.19. The smallest absolute Gasteiger partial charge is 0.102 e. The molecule has 2 rings (SSSR count). The molecule has 0 N–H and O–H groups in total. The third-order valence-electron chi connectivity index (χ3n) is 1.74. The predicted octanol–water partition coefficient (Wildman–Crippen LogP) is 3.35.